The molecule has 1 aromatic carbocycles. The summed E-state index contributed by atoms with van der Waals surface area (Å²) in [6.45, 7) is 5.72. The van der Waals surface area contributed by atoms with Crippen molar-refractivity contribution in [2.75, 3.05) is 13.2 Å². The summed E-state index contributed by atoms with van der Waals surface area (Å²) in [6, 6.07) is 6.81. The van der Waals surface area contributed by atoms with E-state index in [2.05, 4.69) is 11.9 Å². The number of carboxylic acid groups (broad SMARTS) is 1. The summed E-state index contributed by atoms with van der Waals surface area (Å²) in [5, 5.41) is 11.6. The predicted molar refractivity (Wildman–Crippen MR) is 75.9 cm³/mol. The average molecular weight is 277 g/mol. The Bertz CT molecular complexity index is 485. The summed E-state index contributed by atoms with van der Waals surface area (Å²) in [5.74, 6) is -1.39. The summed E-state index contributed by atoms with van der Waals surface area (Å²) in [6.07, 6.45) is 2.05. The van der Waals surface area contributed by atoms with Gasteiger partial charge in [-0.2, -0.15) is 0 Å². The van der Waals surface area contributed by atoms with Gasteiger partial charge in [0.25, 0.3) is 5.91 Å². The smallest absolute Gasteiger partial charge is 0.308 e. The molecule has 0 aromatic heterocycles. The van der Waals surface area contributed by atoms with Gasteiger partial charge in [-0.15, -0.1) is 0 Å². The Labute approximate surface area is 118 Å². The van der Waals surface area contributed by atoms with Crippen LogP contribution in [0.5, 0.6) is 5.75 Å². The molecule has 2 N–H and O–H groups in total. The van der Waals surface area contributed by atoms with E-state index in [0.717, 1.165) is 0 Å². The molecule has 0 heterocycles. The maximum atomic E-state index is 12.1. The van der Waals surface area contributed by atoms with Gasteiger partial charge >= 0.3 is 5.97 Å². The second-order valence-corrected chi connectivity index (χ2v) is 4.25. The molecule has 1 atom stereocenters. The first-order valence-electron chi connectivity index (χ1n) is 6.43. The minimum atomic E-state index is -0.913. The van der Waals surface area contributed by atoms with Crippen molar-refractivity contribution in [3.05, 3.63) is 42.5 Å². The van der Waals surface area contributed by atoms with E-state index in [1.54, 1.807) is 37.3 Å². The van der Waals surface area contributed by atoms with E-state index in [9.17, 15) is 9.59 Å². The van der Waals surface area contributed by atoms with Gasteiger partial charge in [-0.3, -0.25) is 9.59 Å². The van der Waals surface area contributed by atoms with Gasteiger partial charge in [0.15, 0.2) is 0 Å². The molecule has 5 nitrogen and oxygen atoms in total. The van der Waals surface area contributed by atoms with E-state index in [4.69, 9.17) is 9.84 Å². The van der Waals surface area contributed by atoms with Crippen LogP contribution < -0.4 is 10.1 Å². The van der Waals surface area contributed by atoms with E-state index in [1.165, 1.54) is 0 Å². The number of benzene rings is 1. The lowest BCUT2D eigenvalue weighted by Crippen LogP contribution is -2.32. The van der Waals surface area contributed by atoms with Gasteiger partial charge in [0.05, 0.1) is 11.5 Å². The van der Waals surface area contributed by atoms with Crippen LogP contribution in [-0.4, -0.2) is 30.1 Å². The Hall–Kier alpha value is -2.30. The van der Waals surface area contributed by atoms with Crippen LogP contribution in [0, 0.1) is 5.92 Å². The molecule has 108 valence electrons. The first kappa shape index (κ1) is 15.8. The monoisotopic (exact) mass is 277 g/mol. The van der Waals surface area contributed by atoms with Gasteiger partial charge in [-0.05, 0) is 18.6 Å². The fraction of sp³-hybridized carbons (Fsp3) is 0.333. The molecule has 0 aliphatic heterocycles. The molecular formula is C15H19NO4. The molecule has 1 aromatic rings. The first-order chi connectivity index (χ1) is 9.60. The molecule has 0 saturated carbocycles. The molecule has 0 aliphatic carbocycles. The van der Waals surface area contributed by atoms with Crippen molar-refractivity contribution in [2.24, 2.45) is 5.92 Å². The third kappa shape index (κ3) is 4.42. The van der Waals surface area contributed by atoms with E-state index in [1.807, 2.05) is 0 Å². The fourth-order valence-electron chi connectivity index (χ4n) is 1.65. The maximum Gasteiger partial charge on any atom is 0.308 e. The van der Waals surface area contributed by atoms with Gasteiger partial charge in [0, 0.05) is 6.54 Å². The molecule has 5 heteroatoms. The topological polar surface area (TPSA) is 75.6 Å². The molecule has 1 amide bonds. The Balaban J connectivity index is 2.72. The van der Waals surface area contributed by atoms with E-state index in [0.29, 0.717) is 24.3 Å². The van der Waals surface area contributed by atoms with Gasteiger partial charge in [0.1, 0.15) is 12.4 Å². The van der Waals surface area contributed by atoms with Gasteiger partial charge in [-0.25, -0.2) is 0 Å². The number of rotatable bonds is 8. The van der Waals surface area contributed by atoms with Crippen molar-refractivity contribution in [1.29, 1.82) is 0 Å². The Morgan fingerprint density at radius 2 is 2.15 bits per heavy atom. The number of para-hydroxylation sites is 1. The van der Waals surface area contributed by atoms with Crippen molar-refractivity contribution >= 4 is 11.9 Å². The summed E-state index contributed by atoms with van der Waals surface area (Å²) in [5.41, 5.74) is 0.384. The number of carbonyl (C=O) groups is 2. The zero-order valence-electron chi connectivity index (χ0n) is 11.5. The molecular weight excluding hydrogens is 258 g/mol. The molecule has 0 bridgehead atoms. The standard InChI is InChI=1S/C15H19NO4/c1-3-9-20-13-8-6-5-7-12(13)14(17)16-10-11(4-2)15(18)19/h3,5-8,11H,1,4,9-10H2,2H3,(H,16,17)(H,18,19). The number of aliphatic carboxylic acids is 1. The average Bonchev–Trinajstić information content (AvgIpc) is 2.45. The largest absolute Gasteiger partial charge is 0.489 e. The zero-order valence-corrected chi connectivity index (χ0v) is 11.5. The number of amides is 1. The zero-order chi connectivity index (χ0) is 15.0. The van der Waals surface area contributed by atoms with Crippen molar-refractivity contribution in [2.45, 2.75) is 13.3 Å². The molecule has 0 radical (unpaired) electrons. The van der Waals surface area contributed by atoms with Crippen LogP contribution in [0.1, 0.15) is 23.7 Å². The minimum absolute atomic E-state index is 0.0977. The molecule has 1 unspecified atom stereocenters. The minimum Gasteiger partial charge on any atom is -0.489 e. The lowest BCUT2D eigenvalue weighted by molar-refractivity contribution is -0.141. The number of hydrogen-bond donors (Lipinski definition) is 2. The highest BCUT2D eigenvalue weighted by molar-refractivity contribution is 5.97. The highest BCUT2D eigenvalue weighted by Gasteiger charge is 2.18. The number of ether oxygens (including phenoxy) is 1. The van der Waals surface area contributed by atoms with Gasteiger partial charge in [0.2, 0.25) is 0 Å². The maximum absolute atomic E-state index is 12.1. The van der Waals surface area contributed by atoms with E-state index >= 15 is 0 Å². The highest BCUT2D eigenvalue weighted by Crippen LogP contribution is 2.18. The second kappa shape index (κ2) is 7.99. The third-order valence-electron chi connectivity index (χ3n) is 2.84. The molecule has 0 fully saturated rings. The summed E-state index contributed by atoms with van der Waals surface area (Å²) >= 11 is 0. The summed E-state index contributed by atoms with van der Waals surface area (Å²) in [4.78, 5) is 23.0. The summed E-state index contributed by atoms with van der Waals surface area (Å²) in [7, 11) is 0. The Morgan fingerprint density at radius 3 is 2.75 bits per heavy atom. The molecule has 0 saturated heterocycles. The molecule has 0 spiro atoms. The Kier molecular flexibility index (Phi) is 6.29. The summed E-state index contributed by atoms with van der Waals surface area (Å²) < 4.78 is 5.39. The van der Waals surface area contributed by atoms with Crippen LogP contribution in [0.3, 0.4) is 0 Å². The van der Waals surface area contributed by atoms with Crippen molar-refractivity contribution in [3.8, 4) is 5.75 Å². The fourth-order valence-corrected chi connectivity index (χ4v) is 1.65. The van der Waals surface area contributed by atoms with Crippen molar-refractivity contribution in [3.63, 3.8) is 0 Å². The van der Waals surface area contributed by atoms with Crippen LogP contribution in [-0.2, 0) is 4.79 Å². The number of hydrogen-bond acceptors (Lipinski definition) is 3. The molecule has 1 rings (SSSR count). The van der Waals surface area contributed by atoms with Crippen LogP contribution in [0.4, 0.5) is 0 Å². The number of carbonyl (C=O) groups excluding carboxylic acids is 1. The molecule has 20 heavy (non-hydrogen) atoms. The van der Waals surface area contributed by atoms with E-state index in [-0.39, 0.29) is 12.5 Å². The normalized spacial score (nSPS) is 11.4. The predicted octanol–water partition coefficient (Wildman–Crippen LogP) is 2.09. The van der Waals surface area contributed by atoms with Gasteiger partial charge in [-0.1, -0.05) is 31.7 Å². The number of carboxylic acids is 1. The molecule has 0 aliphatic rings. The lowest BCUT2D eigenvalue weighted by Gasteiger charge is -2.13. The van der Waals surface area contributed by atoms with E-state index < -0.39 is 11.9 Å². The van der Waals surface area contributed by atoms with Gasteiger partial charge < -0.3 is 15.2 Å². The Morgan fingerprint density at radius 1 is 1.45 bits per heavy atom. The van der Waals surface area contributed by atoms with Crippen molar-refractivity contribution < 1.29 is 19.4 Å². The van der Waals surface area contributed by atoms with Crippen molar-refractivity contribution in [1.82, 2.24) is 5.32 Å². The third-order valence-corrected chi connectivity index (χ3v) is 2.84. The van der Waals surface area contributed by atoms with Crippen LogP contribution in [0.15, 0.2) is 36.9 Å². The number of nitrogens with one attached hydrogen (secondary N) is 1. The van der Waals surface area contributed by atoms with Crippen LogP contribution in [0.25, 0.3) is 0 Å². The SMILES string of the molecule is C=CCOc1ccccc1C(=O)NCC(CC)C(=O)O. The van der Waals surface area contributed by atoms with Crippen LogP contribution >= 0.6 is 0 Å². The lowest BCUT2D eigenvalue weighted by atomic mass is 10.1. The quantitative estimate of drug-likeness (QED) is 0.713. The van der Waals surface area contributed by atoms with Crippen LogP contribution in [0.2, 0.25) is 0 Å². The highest BCUT2D eigenvalue weighted by atomic mass is 16.5. The second-order valence-electron chi connectivity index (χ2n) is 4.25. The first-order valence-corrected chi connectivity index (χ1v) is 6.43.